The van der Waals surface area contributed by atoms with Gasteiger partial charge in [0, 0.05) is 11.5 Å². The van der Waals surface area contributed by atoms with Crippen molar-refractivity contribution in [2.45, 2.75) is 33.0 Å². The Morgan fingerprint density at radius 1 is 1.17 bits per heavy atom. The summed E-state index contributed by atoms with van der Waals surface area (Å²) >= 11 is 0. The first-order valence-electron chi connectivity index (χ1n) is 9.30. The first kappa shape index (κ1) is 18.6. The van der Waals surface area contributed by atoms with Gasteiger partial charge in [0.05, 0.1) is 18.2 Å². The van der Waals surface area contributed by atoms with Gasteiger partial charge in [-0.25, -0.2) is 4.68 Å². The van der Waals surface area contributed by atoms with E-state index in [2.05, 4.69) is 25.9 Å². The summed E-state index contributed by atoms with van der Waals surface area (Å²) in [5, 5.41) is 19.1. The van der Waals surface area contributed by atoms with Crippen LogP contribution in [0.25, 0.3) is 10.9 Å². The lowest BCUT2D eigenvalue weighted by Crippen LogP contribution is -2.19. The average molecular weight is 391 g/mol. The Labute approximate surface area is 167 Å². The summed E-state index contributed by atoms with van der Waals surface area (Å²) in [5.41, 5.74) is 1.99. The second kappa shape index (κ2) is 8.09. The average Bonchev–Trinajstić information content (AvgIpc) is 3.31. The number of fused-ring (bicyclic) bond motifs is 1. The fraction of sp³-hybridized carbons (Fsp3) is 0.250. The van der Waals surface area contributed by atoms with E-state index < -0.39 is 0 Å². The van der Waals surface area contributed by atoms with Gasteiger partial charge >= 0.3 is 0 Å². The van der Waals surface area contributed by atoms with E-state index >= 15 is 0 Å². The maximum Gasteiger partial charge on any atom is 0.247 e. The van der Waals surface area contributed by atoms with Gasteiger partial charge in [-0.3, -0.25) is 9.48 Å². The van der Waals surface area contributed by atoms with Crippen LogP contribution in [0, 0.1) is 0 Å². The maximum atomic E-state index is 12.4. The van der Waals surface area contributed by atoms with Crippen molar-refractivity contribution >= 4 is 22.6 Å². The van der Waals surface area contributed by atoms with Crippen LogP contribution in [-0.4, -0.2) is 42.0 Å². The van der Waals surface area contributed by atoms with E-state index in [1.165, 1.54) is 11.0 Å². The summed E-state index contributed by atoms with van der Waals surface area (Å²) in [6.07, 6.45) is 1.45. The number of anilines is 1. The molecule has 1 amide bonds. The number of carbonyl (C=O) groups is 1. The minimum absolute atomic E-state index is 0.00851. The fourth-order valence-electron chi connectivity index (χ4n) is 3.04. The molecule has 0 radical (unpaired) electrons. The fourth-order valence-corrected chi connectivity index (χ4v) is 3.04. The molecule has 9 nitrogen and oxygen atoms in total. The van der Waals surface area contributed by atoms with Gasteiger partial charge in [-0.05, 0) is 42.0 Å². The highest BCUT2D eigenvalue weighted by Crippen LogP contribution is 2.28. The van der Waals surface area contributed by atoms with Gasteiger partial charge in [-0.2, -0.15) is 5.10 Å². The van der Waals surface area contributed by atoms with Crippen LogP contribution >= 0.6 is 0 Å². The normalized spacial score (nSPS) is 11.1. The van der Waals surface area contributed by atoms with Crippen LogP contribution in [0.5, 0.6) is 5.75 Å². The van der Waals surface area contributed by atoms with Crippen LogP contribution in [0.3, 0.4) is 0 Å². The number of amides is 1. The molecule has 29 heavy (non-hydrogen) atoms. The molecule has 2 aromatic heterocycles. The molecule has 0 unspecified atom stereocenters. The van der Waals surface area contributed by atoms with Crippen molar-refractivity contribution in [2.75, 3.05) is 5.32 Å². The number of benzene rings is 2. The predicted molar refractivity (Wildman–Crippen MR) is 107 cm³/mol. The predicted octanol–water partition coefficient (Wildman–Crippen LogP) is 2.50. The zero-order chi connectivity index (χ0) is 20.2. The molecule has 0 aliphatic carbocycles. The number of hydrogen-bond acceptors (Lipinski definition) is 6. The standard InChI is InChI=1S/C20H21N7O2/c1-14(2)29-16-8-9-17-18(10-16)27(11-15-6-4-3-5-7-15)23-20(17)22-19(28)12-26-13-21-24-25-26/h3-10,13-14H,11-12H2,1-2H3,(H,22,23,28). The molecule has 1 N–H and O–H groups in total. The zero-order valence-corrected chi connectivity index (χ0v) is 16.2. The second-order valence-corrected chi connectivity index (χ2v) is 6.89. The monoisotopic (exact) mass is 391 g/mol. The van der Waals surface area contributed by atoms with Gasteiger partial charge in [0.25, 0.3) is 0 Å². The highest BCUT2D eigenvalue weighted by atomic mass is 16.5. The van der Waals surface area contributed by atoms with Gasteiger partial charge in [0.2, 0.25) is 5.91 Å². The van der Waals surface area contributed by atoms with E-state index in [4.69, 9.17) is 4.74 Å². The summed E-state index contributed by atoms with van der Waals surface area (Å²) in [4.78, 5) is 12.4. The third-order valence-corrected chi connectivity index (χ3v) is 4.22. The third kappa shape index (κ3) is 4.40. The number of carbonyl (C=O) groups excluding carboxylic acids is 1. The molecule has 0 saturated carbocycles. The van der Waals surface area contributed by atoms with Crippen molar-refractivity contribution in [3.8, 4) is 5.75 Å². The van der Waals surface area contributed by atoms with Crippen molar-refractivity contribution < 1.29 is 9.53 Å². The minimum atomic E-state index is -0.258. The lowest BCUT2D eigenvalue weighted by atomic mass is 10.2. The van der Waals surface area contributed by atoms with Crippen molar-refractivity contribution in [3.05, 3.63) is 60.4 Å². The van der Waals surface area contributed by atoms with Crippen LogP contribution in [0.1, 0.15) is 19.4 Å². The van der Waals surface area contributed by atoms with Crippen molar-refractivity contribution in [3.63, 3.8) is 0 Å². The van der Waals surface area contributed by atoms with Crippen molar-refractivity contribution in [1.29, 1.82) is 0 Å². The largest absolute Gasteiger partial charge is 0.491 e. The van der Waals surface area contributed by atoms with E-state index in [0.717, 1.165) is 22.2 Å². The first-order chi connectivity index (χ1) is 14.1. The SMILES string of the molecule is CC(C)Oc1ccc2c(NC(=O)Cn3cnnn3)nn(Cc3ccccc3)c2c1. The molecule has 0 spiro atoms. The van der Waals surface area contributed by atoms with Crippen molar-refractivity contribution in [2.24, 2.45) is 0 Å². The molecule has 0 atom stereocenters. The molecular formula is C20H21N7O2. The number of nitrogens with one attached hydrogen (secondary N) is 1. The summed E-state index contributed by atoms with van der Waals surface area (Å²) in [6.45, 7) is 4.55. The smallest absolute Gasteiger partial charge is 0.247 e. The molecule has 0 aliphatic rings. The molecular weight excluding hydrogens is 370 g/mol. The van der Waals surface area contributed by atoms with E-state index in [1.54, 1.807) is 0 Å². The number of hydrogen-bond donors (Lipinski definition) is 1. The Morgan fingerprint density at radius 3 is 2.72 bits per heavy atom. The Bertz CT molecular complexity index is 1100. The zero-order valence-electron chi connectivity index (χ0n) is 16.2. The van der Waals surface area contributed by atoms with Gasteiger partial charge in [-0.15, -0.1) is 5.10 Å². The number of rotatable bonds is 7. The van der Waals surface area contributed by atoms with Gasteiger partial charge in [0.15, 0.2) is 5.82 Å². The molecule has 9 heteroatoms. The molecule has 2 heterocycles. The van der Waals surface area contributed by atoms with Crippen LogP contribution in [0.4, 0.5) is 5.82 Å². The lowest BCUT2D eigenvalue weighted by Gasteiger charge is -2.10. The summed E-state index contributed by atoms with van der Waals surface area (Å²) in [5.74, 6) is 0.990. The molecule has 0 saturated heterocycles. The third-order valence-electron chi connectivity index (χ3n) is 4.22. The molecule has 4 rings (SSSR count). The Hall–Kier alpha value is -3.75. The van der Waals surface area contributed by atoms with E-state index in [9.17, 15) is 4.79 Å². The summed E-state index contributed by atoms with van der Waals surface area (Å²) < 4.78 is 9.05. The molecule has 148 valence electrons. The molecule has 2 aromatic carbocycles. The Morgan fingerprint density at radius 2 is 2.00 bits per heavy atom. The quantitative estimate of drug-likeness (QED) is 0.520. The summed E-state index contributed by atoms with van der Waals surface area (Å²) in [6, 6.07) is 15.8. The van der Waals surface area contributed by atoms with Gasteiger partial charge in [-0.1, -0.05) is 30.3 Å². The molecule has 0 aliphatic heterocycles. The molecule has 0 bridgehead atoms. The lowest BCUT2D eigenvalue weighted by molar-refractivity contribution is -0.116. The molecule has 0 fully saturated rings. The number of tetrazole rings is 1. The van der Waals surface area contributed by atoms with E-state index in [1.807, 2.05) is 67.1 Å². The van der Waals surface area contributed by atoms with Crippen LogP contribution in [0.2, 0.25) is 0 Å². The number of nitrogens with zero attached hydrogens (tertiary/aromatic N) is 6. The molecule has 4 aromatic rings. The van der Waals surface area contributed by atoms with Crippen molar-refractivity contribution in [1.82, 2.24) is 30.0 Å². The Kier molecular flexibility index (Phi) is 5.19. The highest BCUT2D eigenvalue weighted by molar-refractivity contribution is 6.00. The second-order valence-electron chi connectivity index (χ2n) is 6.89. The van der Waals surface area contributed by atoms with Crippen LogP contribution < -0.4 is 10.1 Å². The van der Waals surface area contributed by atoms with Gasteiger partial charge < -0.3 is 10.1 Å². The highest BCUT2D eigenvalue weighted by Gasteiger charge is 2.15. The van der Waals surface area contributed by atoms with Crippen LogP contribution in [0.15, 0.2) is 54.9 Å². The minimum Gasteiger partial charge on any atom is -0.491 e. The number of ether oxygens (including phenoxy) is 1. The van der Waals surface area contributed by atoms with Gasteiger partial charge in [0.1, 0.15) is 18.6 Å². The first-order valence-corrected chi connectivity index (χ1v) is 9.30. The number of aromatic nitrogens is 6. The summed E-state index contributed by atoms with van der Waals surface area (Å²) in [7, 11) is 0. The maximum absolute atomic E-state index is 12.4. The van der Waals surface area contributed by atoms with Crippen LogP contribution in [-0.2, 0) is 17.9 Å². The van der Waals surface area contributed by atoms with E-state index in [-0.39, 0.29) is 18.6 Å². The van der Waals surface area contributed by atoms with E-state index in [0.29, 0.717) is 12.4 Å². The Balaban J connectivity index is 1.67. The topological polar surface area (TPSA) is 99.8 Å².